The third-order valence-corrected chi connectivity index (χ3v) is 4.74. The summed E-state index contributed by atoms with van der Waals surface area (Å²) >= 11 is 0. The van der Waals surface area contributed by atoms with Gasteiger partial charge in [-0.25, -0.2) is 14.5 Å². The van der Waals surface area contributed by atoms with E-state index in [4.69, 9.17) is 4.74 Å². The van der Waals surface area contributed by atoms with Crippen molar-refractivity contribution in [2.45, 2.75) is 77.6 Å². The van der Waals surface area contributed by atoms with Gasteiger partial charge in [-0.15, -0.1) is 0 Å². The van der Waals surface area contributed by atoms with Crippen LogP contribution in [0, 0.1) is 12.8 Å². The molecule has 3 rings (SSSR count). The Labute approximate surface area is 143 Å². The molecule has 3 unspecified atom stereocenters. The quantitative estimate of drug-likeness (QED) is 0.879. The van der Waals surface area contributed by atoms with Crippen molar-refractivity contribution in [2.24, 2.45) is 5.92 Å². The molecule has 2 aliphatic rings. The molecule has 0 aromatic carbocycles. The average Bonchev–Trinajstić information content (AvgIpc) is 2.86. The molecule has 7 heteroatoms. The van der Waals surface area contributed by atoms with Crippen molar-refractivity contribution in [3.63, 3.8) is 0 Å². The number of nitrogens with one attached hydrogen (secondary N) is 2. The maximum absolute atomic E-state index is 12.3. The van der Waals surface area contributed by atoms with E-state index >= 15 is 0 Å². The van der Waals surface area contributed by atoms with Gasteiger partial charge in [0.05, 0.1) is 18.7 Å². The smallest absolute Gasteiger partial charge is 0.315 e. The lowest BCUT2D eigenvalue weighted by Crippen LogP contribution is -2.51. The van der Waals surface area contributed by atoms with Gasteiger partial charge < -0.3 is 15.4 Å². The molecule has 0 saturated carbocycles. The van der Waals surface area contributed by atoms with Gasteiger partial charge in [0, 0.05) is 19.1 Å². The number of carbonyl (C=O) groups excluding carboxylic acids is 1. The summed E-state index contributed by atoms with van der Waals surface area (Å²) in [5, 5.41) is 10.6. The number of amides is 2. The maximum Gasteiger partial charge on any atom is 0.315 e. The van der Waals surface area contributed by atoms with Crippen LogP contribution >= 0.6 is 0 Å². The Morgan fingerprint density at radius 3 is 2.92 bits per heavy atom. The first kappa shape index (κ1) is 17.2. The lowest BCUT2D eigenvalue weighted by atomic mass is 9.96. The van der Waals surface area contributed by atoms with Crippen molar-refractivity contribution in [1.82, 2.24) is 25.4 Å². The van der Waals surface area contributed by atoms with E-state index < -0.39 is 0 Å². The normalized spacial score (nSPS) is 26.9. The van der Waals surface area contributed by atoms with Gasteiger partial charge in [-0.3, -0.25) is 0 Å². The number of nitrogens with zero attached hydrogens (tertiary/aromatic N) is 3. The molecule has 134 valence electrons. The summed E-state index contributed by atoms with van der Waals surface area (Å²) in [5.74, 6) is 2.44. The van der Waals surface area contributed by atoms with Gasteiger partial charge in [0.1, 0.15) is 11.6 Å². The van der Waals surface area contributed by atoms with Crippen molar-refractivity contribution in [3.05, 3.63) is 11.6 Å². The van der Waals surface area contributed by atoms with Gasteiger partial charge in [-0.05, 0) is 38.5 Å². The van der Waals surface area contributed by atoms with Crippen LogP contribution < -0.4 is 10.6 Å². The molecule has 3 heterocycles. The molecule has 2 aliphatic heterocycles. The zero-order valence-corrected chi connectivity index (χ0v) is 14.9. The van der Waals surface area contributed by atoms with Gasteiger partial charge in [-0.1, -0.05) is 13.8 Å². The van der Waals surface area contributed by atoms with Crippen LogP contribution in [0.2, 0.25) is 0 Å². The molecule has 2 N–H and O–H groups in total. The number of rotatable bonds is 4. The van der Waals surface area contributed by atoms with Crippen LogP contribution in [-0.2, 0) is 17.7 Å². The Morgan fingerprint density at radius 1 is 1.33 bits per heavy atom. The maximum atomic E-state index is 12.3. The highest BCUT2D eigenvalue weighted by atomic mass is 16.5. The lowest BCUT2D eigenvalue weighted by molar-refractivity contribution is -0.00747. The second-order valence-corrected chi connectivity index (χ2v) is 7.45. The molecule has 1 aromatic rings. The third kappa shape index (κ3) is 4.47. The summed E-state index contributed by atoms with van der Waals surface area (Å²) in [5.41, 5.74) is 0. The second kappa shape index (κ2) is 7.51. The fraction of sp³-hybridized carbons (Fsp3) is 0.824. The van der Waals surface area contributed by atoms with Crippen molar-refractivity contribution < 1.29 is 9.53 Å². The molecule has 0 bridgehead atoms. The van der Waals surface area contributed by atoms with Gasteiger partial charge in [0.2, 0.25) is 0 Å². The Kier molecular flexibility index (Phi) is 5.38. The van der Waals surface area contributed by atoms with E-state index in [-0.39, 0.29) is 24.2 Å². The molecule has 2 amide bonds. The van der Waals surface area contributed by atoms with E-state index in [2.05, 4.69) is 34.6 Å². The van der Waals surface area contributed by atoms with Crippen LogP contribution in [-0.4, -0.2) is 45.6 Å². The van der Waals surface area contributed by atoms with Gasteiger partial charge in [0.25, 0.3) is 0 Å². The molecule has 3 atom stereocenters. The van der Waals surface area contributed by atoms with Crippen LogP contribution in [0.25, 0.3) is 0 Å². The molecule has 7 nitrogen and oxygen atoms in total. The fourth-order valence-corrected chi connectivity index (χ4v) is 3.67. The number of hydrogen-bond donors (Lipinski definition) is 2. The zero-order chi connectivity index (χ0) is 17.1. The molecule has 24 heavy (non-hydrogen) atoms. The monoisotopic (exact) mass is 335 g/mol. The zero-order valence-electron chi connectivity index (χ0n) is 14.9. The van der Waals surface area contributed by atoms with E-state index in [1.807, 2.05) is 11.6 Å². The standard InChI is InChI=1S/C17H29N5O2/c1-11(2)8-15-9-13(6-7-24-15)19-17(23)20-14-4-5-16-18-12(3)21-22(16)10-14/h11,13-15H,4-10H2,1-3H3,(H2,19,20,23). The lowest BCUT2D eigenvalue weighted by Gasteiger charge is -2.32. The predicted molar refractivity (Wildman–Crippen MR) is 90.8 cm³/mol. The first-order chi connectivity index (χ1) is 11.5. The number of urea groups is 1. The molecular weight excluding hydrogens is 306 g/mol. The van der Waals surface area contributed by atoms with Crippen molar-refractivity contribution in [2.75, 3.05) is 6.61 Å². The summed E-state index contributed by atoms with van der Waals surface area (Å²) in [6.07, 6.45) is 4.88. The van der Waals surface area contributed by atoms with Crippen LogP contribution in [0.3, 0.4) is 0 Å². The summed E-state index contributed by atoms with van der Waals surface area (Å²) < 4.78 is 7.72. The first-order valence-corrected chi connectivity index (χ1v) is 9.08. The average molecular weight is 335 g/mol. The Bertz CT molecular complexity index is 571. The fourth-order valence-electron chi connectivity index (χ4n) is 3.67. The number of carbonyl (C=O) groups is 1. The largest absolute Gasteiger partial charge is 0.378 e. The molecule has 1 saturated heterocycles. The number of aryl methyl sites for hydroxylation is 2. The predicted octanol–water partition coefficient (Wildman–Crippen LogP) is 1.79. The minimum atomic E-state index is -0.0736. The molecule has 1 fully saturated rings. The van der Waals surface area contributed by atoms with Gasteiger partial charge in [0.15, 0.2) is 0 Å². The molecule has 1 aromatic heterocycles. The topological polar surface area (TPSA) is 81.1 Å². The van der Waals surface area contributed by atoms with Crippen molar-refractivity contribution in [1.29, 1.82) is 0 Å². The van der Waals surface area contributed by atoms with Gasteiger partial charge >= 0.3 is 6.03 Å². The molecule has 0 spiro atoms. The highest BCUT2D eigenvalue weighted by Gasteiger charge is 2.26. The Morgan fingerprint density at radius 2 is 2.12 bits per heavy atom. The second-order valence-electron chi connectivity index (χ2n) is 7.45. The minimum Gasteiger partial charge on any atom is -0.378 e. The summed E-state index contributed by atoms with van der Waals surface area (Å²) in [7, 11) is 0. The van der Waals surface area contributed by atoms with Gasteiger partial charge in [-0.2, -0.15) is 5.10 Å². The van der Waals surface area contributed by atoms with E-state index in [0.29, 0.717) is 12.5 Å². The van der Waals surface area contributed by atoms with Crippen LogP contribution in [0.1, 0.15) is 51.2 Å². The summed E-state index contributed by atoms with van der Waals surface area (Å²) in [4.78, 5) is 16.7. The van der Waals surface area contributed by atoms with E-state index in [9.17, 15) is 4.79 Å². The SMILES string of the molecule is Cc1nc2n(n1)CC(NC(=O)NC1CCOC(CC(C)C)C1)CC2. The van der Waals surface area contributed by atoms with E-state index in [1.54, 1.807) is 0 Å². The van der Waals surface area contributed by atoms with Crippen LogP contribution in [0.4, 0.5) is 4.79 Å². The third-order valence-electron chi connectivity index (χ3n) is 4.74. The number of hydrogen-bond acceptors (Lipinski definition) is 4. The Hall–Kier alpha value is -1.63. The highest BCUT2D eigenvalue weighted by Crippen LogP contribution is 2.20. The number of aromatic nitrogens is 3. The molecule has 0 aliphatic carbocycles. The van der Waals surface area contributed by atoms with E-state index in [0.717, 1.165) is 50.4 Å². The van der Waals surface area contributed by atoms with Crippen molar-refractivity contribution >= 4 is 6.03 Å². The minimum absolute atomic E-state index is 0.0736. The molecule has 0 radical (unpaired) electrons. The summed E-state index contributed by atoms with van der Waals surface area (Å²) in [6, 6.07) is 0.246. The first-order valence-electron chi connectivity index (χ1n) is 9.08. The number of fused-ring (bicyclic) bond motifs is 1. The molecular formula is C17H29N5O2. The number of ether oxygens (including phenoxy) is 1. The van der Waals surface area contributed by atoms with Crippen LogP contribution in [0.5, 0.6) is 0 Å². The Balaban J connectivity index is 1.46. The van der Waals surface area contributed by atoms with E-state index in [1.165, 1.54) is 0 Å². The van der Waals surface area contributed by atoms with Crippen molar-refractivity contribution in [3.8, 4) is 0 Å². The van der Waals surface area contributed by atoms with Crippen LogP contribution in [0.15, 0.2) is 0 Å². The highest BCUT2D eigenvalue weighted by molar-refractivity contribution is 5.74. The summed E-state index contributed by atoms with van der Waals surface area (Å²) in [6.45, 7) is 7.74.